The smallest absolute Gasteiger partial charge is 0.241 e. The Labute approximate surface area is 156 Å². The van der Waals surface area contributed by atoms with Crippen LogP contribution in [0, 0.1) is 5.82 Å². The molecule has 134 valence electrons. The third-order valence-electron chi connectivity index (χ3n) is 4.76. The van der Waals surface area contributed by atoms with Gasteiger partial charge in [0.2, 0.25) is 11.7 Å². The number of hydrogen-bond acceptors (Lipinski definition) is 4. The van der Waals surface area contributed by atoms with Crippen molar-refractivity contribution in [2.45, 2.75) is 38.4 Å². The Hall–Kier alpha value is -2.24. The van der Waals surface area contributed by atoms with Gasteiger partial charge in [-0.3, -0.25) is 4.90 Å². The number of rotatable bonds is 6. The summed E-state index contributed by atoms with van der Waals surface area (Å²) in [4.78, 5) is 6.74. The average molecular weight is 372 g/mol. The van der Waals surface area contributed by atoms with Crippen LogP contribution in [0.5, 0.6) is 0 Å². The first kappa shape index (κ1) is 17.2. The minimum absolute atomic E-state index is 0.0606. The van der Waals surface area contributed by atoms with Gasteiger partial charge in [-0.2, -0.15) is 4.98 Å². The van der Waals surface area contributed by atoms with E-state index in [4.69, 9.17) is 16.1 Å². The normalized spacial score (nSPS) is 15.4. The predicted molar refractivity (Wildman–Crippen MR) is 98.1 cm³/mol. The maximum Gasteiger partial charge on any atom is 0.241 e. The van der Waals surface area contributed by atoms with Gasteiger partial charge in [-0.25, -0.2) is 4.39 Å². The Morgan fingerprint density at radius 1 is 1.19 bits per heavy atom. The van der Waals surface area contributed by atoms with Crippen molar-refractivity contribution in [1.29, 1.82) is 0 Å². The monoisotopic (exact) mass is 371 g/mol. The summed E-state index contributed by atoms with van der Waals surface area (Å²) in [5.41, 5.74) is 1.54. The lowest BCUT2D eigenvalue weighted by atomic mass is 10.1. The van der Waals surface area contributed by atoms with Gasteiger partial charge in [0, 0.05) is 28.2 Å². The van der Waals surface area contributed by atoms with Gasteiger partial charge in [0.05, 0.1) is 6.54 Å². The quantitative estimate of drug-likeness (QED) is 0.593. The highest BCUT2D eigenvalue weighted by Gasteiger charge is 2.34. The Morgan fingerprint density at radius 3 is 2.62 bits per heavy atom. The van der Waals surface area contributed by atoms with E-state index in [0.717, 1.165) is 18.4 Å². The van der Waals surface area contributed by atoms with Crippen molar-refractivity contribution in [1.82, 2.24) is 15.0 Å². The summed E-state index contributed by atoms with van der Waals surface area (Å²) >= 11 is 5.92. The Bertz CT molecular complexity index is 892. The van der Waals surface area contributed by atoms with Crippen molar-refractivity contribution >= 4 is 11.6 Å². The SMILES string of the molecule is CC(c1ccccc1F)N(Cc1nc(-c2ccc(Cl)cc2)no1)C1CC1. The molecule has 0 bridgehead atoms. The third-order valence-corrected chi connectivity index (χ3v) is 5.01. The molecule has 1 unspecified atom stereocenters. The summed E-state index contributed by atoms with van der Waals surface area (Å²) in [6.45, 7) is 2.52. The maximum absolute atomic E-state index is 14.2. The number of aromatic nitrogens is 2. The molecule has 1 saturated carbocycles. The summed E-state index contributed by atoms with van der Waals surface area (Å²) < 4.78 is 19.6. The molecular formula is C20H19ClFN3O. The summed E-state index contributed by atoms with van der Waals surface area (Å²) in [5.74, 6) is 0.883. The number of nitrogens with zero attached hydrogens (tertiary/aromatic N) is 3. The van der Waals surface area contributed by atoms with Crippen LogP contribution in [0.3, 0.4) is 0 Å². The summed E-state index contributed by atoms with van der Waals surface area (Å²) in [6, 6.07) is 14.6. The van der Waals surface area contributed by atoms with Crippen LogP contribution in [0.1, 0.15) is 37.3 Å². The predicted octanol–water partition coefficient (Wildman–Crippen LogP) is 5.25. The third kappa shape index (κ3) is 3.64. The highest BCUT2D eigenvalue weighted by molar-refractivity contribution is 6.30. The van der Waals surface area contributed by atoms with E-state index in [0.29, 0.717) is 34.9 Å². The molecule has 6 heteroatoms. The first-order chi connectivity index (χ1) is 12.6. The van der Waals surface area contributed by atoms with Crippen LogP contribution >= 0.6 is 11.6 Å². The van der Waals surface area contributed by atoms with Crippen LogP contribution in [0.25, 0.3) is 11.4 Å². The lowest BCUT2D eigenvalue weighted by Crippen LogP contribution is -2.29. The van der Waals surface area contributed by atoms with E-state index in [9.17, 15) is 4.39 Å². The van der Waals surface area contributed by atoms with E-state index in [2.05, 4.69) is 15.0 Å². The minimum atomic E-state index is -0.182. The molecule has 0 amide bonds. The number of hydrogen-bond donors (Lipinski definition) is 0. The van der Waals surface area contributed by atoms with Gasteiger partial charge in [0.25, 0.3) is 0 Å². The van der Waals surface area contributed by atoms with E-state index in [1.165, 1.54) is 6.07 Å². The molecule has 4 nitrogen and oxygen atoms in total. The van der Waals surface area contributed by atoms with Crippen LogP contribution < -0.4 is 0 Å². The zero-order chi connectivity index (χ0) is 18.1. The fraction of sp³-hybridized carbons (Fsp3) is 0.300. The van der Waals surface area contributed by atoms with Gasteiger partial charge in [-0.1, -0.05) is 35.0 Å². The van der Waals surface area contributed by atoms with Crippen molar-refractivity contribution in [3.63, 3.8) is 0 Å². The molecule has 0 spiro atoms. The molecule has 0 saturated heterocycles. The molecule has 3 aromatic rings. The first-order valence-corrected chi connectivity index (χ1v) is 9.08. The molecule has 1 fully saturated rings. The second-order valence-corrected chi connectivity index (χ2v) is 7.06. The van der Waals surface area contributed by atoms with Crippen LogP contribution in [0.4, 0.5) is 4.39 Å². The van der Waals surface area contributed by atoms with Crippen LogP contribution in [-0.4, -0.2) is 21.1 Å². The molecule has 1 aliphatic carbocycles. The highest BCUT2D eigenvalue weighted by Crippen LogP contribution is 2.36. The molecule has 0 radical (unpaired) electrons. The molecular weight excluding hydrogens is 353 g/mol. The second kappa shape index (κ2) is 7.17. The molecule has 4 rings (SSSR count). The lowest BCUT2D eigenvalue weighted by molar-refractivity contribution is 0.163. The van der Waals surface area contributed by atoms with E-state index < -0.39 is 0 Å². The van der Waals surface area contributed by atoms with E-state index in [1.807, 2.05) is 31.2 Å². The Kier molecular flexibility index (Phi) is 4.74. The van der Waals surface area contributed by atoms with E-state index >= 15 is 0 Å². The van der Waals surface area contributed by atoms with Gasteiger partial charge in [-0.15, -0.1) is 0 Å². The summed E-state index contributed by atoms with van der Waals surface area (Å²) in [6.07, 6.45) is 2.22. The van der Waals surface area contributed by atoms with Gasteiger partial charge in [-0.05, 0) is 50.1 Å². The zero-order valence-electron chi connectivity index (χ0n) is 14.4. The molecule has 1 atom stereocenters. The molecule has 2 aromatic carbocycles. The fourth-order valence-electron chi connectivity index (χ4n) is 3.17. The van der Waals surface area contributed by atoms with Gasteiger partial charge in [0.15, 0.2) is 0 Å². The van der Waals surface area contributed by atoms with E-state index in [-0.39, 0.29) is 11.9 Å². The lowest BCUT2D eigenvalue weighted by Gasteiger charge is -2.28. The van der Waals surface area contributed by atoms with E-state index in [1.54, 1.807) is 18.2 Å². The van der Waals surface area contributed by atoms with Crippen LogP contribution in [0.15, 0.2) is 53.1 Å². The second-order valence-electron chi connectivity index (χ2n) is 6.62. The van der Waals surface area contributed by atoms with Crippen molar-refractivity contribution in [3.8, 4) is 11.4 Å². The highest BCUT2D eigenvalue weighted by atomic mass is 35.5. The van der Waals surface area contributed by atoms with Gasteiger partial charge in [0.1, 0.15) is 5.82 Å². The molecule has 1 aliphatic rings. The summed E-state index contributed by atoms with van der Waals surface area (Å²) in [5, 5.41) is 4.73. The molecule has 26 heavy (non-hydrogen) atoms. The molecule has 1 aromatic heterocycles. The van der Waals surface area contributed by atoms with Crippen molar-refractivity contribution in [2.24, 2.45) is 0 Å². The first-order valence-electron chi connectivity index (χ1n) is 8.70. The summed E-state index contributed by atoms with van der Waals surface area (Å²) in [7, 11) is 0. The minimum Gasteiger partial charge on any atom is -0.338 e. The Balaban J connectivity index is 1.54. The van der Waals surface area contributed by atoms with Crippen molar-refractivity contribution < 1.29 is 8.91 Å². The maximum atomic E-state index is 14.2. The Morgan fingerprint density at radius 2 is 1.92 bits per heavy atom. The van der Waals surface area contributed by atoms with Crippen LogP contribution in [0.2, 0.25) is 5.02 Å². The van der Waals surface area contributed by atoms with Crippen molar-refractivity contribution in [2.75, 3.05) is 0 Å². The number of benzene rings is 2. The van der Waals surface area contributed by atoms with Gasteiger partial charge < -0.3 is 4.52 Å². The average Bonchev–Trinajstić information content (AvgIpc) is 3.38. The largest absolute Gasteiger partial charge is 0.338 e. The standard InChI is InChI=1S/C20H19ClFN3O/c1-13(17-4-2-3-5-18(17)22)25(16-10-11-16)12-19-23-20(24-26-19)14-6-8-15(21)9-7-14/h2-9,13,16H,10-12H2,1H3. The molecule has 0 N–H and O–H groups in total. The molecule has 0 aliphatic heterocycles. The topological polar surface area (TPSA) is 42.2 Å². The zero-order valence-corrected chi connectivity index (χ0v) is 15.2. The van der Waals surface area contributed by atoms with Gasteiger partial charge >= 0.3 is 0 Å². The van der Waals surface area contributed by atoms with Crippen molar-refractivity contribution in [3.05, 3.63) is 70.8 Å². The molecule has 1 heterocycles. The van der Waals surface area contributed by atoms with Crippen LogP contribution in [-0.2, 0) is 6.54 Å². The number of halogens is 2. The fourth-order valence-corrected chi connectivity index (χ4v) is 3.30.